The molecule has 1 aromatic carbocycles. The molecule has 0 saturated carbocycles. The quantitative estimate of drug-likeness (QED) is 0.506. The second kappa shape index (κ2) is 8.58. The molecule has 0 unspecified atom stereocenters. The summed E-state index contributed by atoms with van der Waals surface area (Å²) in [6, 6.07) is 12.3. The summed E-state index contributed by atoms with van der Waals surface area (Å²) in [4.78, 5) is 28.4. The number of ether oxygens (including phenoxy) is 2. The van der Waals surface area contributed by atoms with Crippen LogP contribution in [0.1, 0.15) is 12.6 Å². The molecule has 8 heteroatoms. The molecule has 0 aliphatic carbocycles. The number of hydrogen-bond acceptors (Lipinski definition) is 5. The average molecular weight is 400 g/mol. The third-order valence-electron chi connectivity index (χ3n) is 3.92. The maximum Gasteiger partial charge on any atom is 0.331 e. The first kappa shape index (κ1) is 19.4. The number of fused-ring (bicyclic) bond motifs is 1. The minimum atomic E-state index is -0.975. The van der Waals surface area contributed by atoms with Crippen LogP contribution in [0, 0.1) is 0 Å². The molecule has 0 spiro atoms. The van der Waals surface area contributed by atoms with Crippen molar-refractivity contribution < 1.29 is 19.1 Å². The number of halogens is 1. The second-order valence-corrected chi connectivity index (χ2v) is 6.20. The lowest BCUT2D eigenvalue weighted by Crippen LogP contribution is -2.29. The fraction of sp³-hybridized carbons (Fsp3) is 0.150. The number of nitrogens with one attached hydrogen (secondary N) is 1. The van der Waals surface area contributed by atoms with Crippen molar-refractivity contribution in [2.24, 2.45) is 0 Å². The van der Waals surface area contributed by atoms with Crippen LogP contribution in [0.15, 0.2) is 54.7 Å². The van der Waals surface area contributed by atoms with Gasteiger partial charge in [-0.25, -0.2) is 9.78 Å². The first-order valence-corrected chi connectivity index (χ1v) is 8.82. The molecule has 3 rings (SSSR count). The molecule has 1 atom stereocenters. The van der Waals surface area contributed by atoms with Gasteiger partial charge in [-0.15, -0.1) is 0 Å². The van der Waals surface area contributed by atoms with Gasteiger partial charge in [-0.1, -0.05) is 17.7 Å². The minimum absolute atomic E-state index is 0.264. The third-order valence-corrected chi connectivity index (χ3v) is 4.20. The van der Waals surface area contributed by atoms with Crippen LogP contribution < -0.4 is 10.1 Å². The van der Waals surface area contributed by atoms with Gasteiger partial charge < -0.3 is 14.8 Å². The molecule has 1 amide bonds. The van der Waals surface area contributed by atoms with Crippen LogP contribution >= 0.6 is 11.6 Å². The van der Waals surface area contributed by atoms with Crippen molar-refractivity contribution in [2.45, 2.75) is 13.0 Å². The van der Waals surface area contributed by atoms with Crippen LogP contribution in [0.3, 0.4) is 0 Å². The lowest BCUT2D eigenvalue weighted by molar-refractivity contribution is -0.148. The van der Waals surface area contributed by atoms with Gasteiger partial charge in [0.05, 0.1) is 12.8 Å². The van der Waals surface area contributed by atoms with E-state index in [0.29, 0.717) is 22.8 Å². The minimum Gasteiger partial charge on any atom is -0.497 e. The molecule has 3 aromatic rings. The van der Waals surface area contributed by atoms with Gasteiger partial charge in [-0.3, -0.25) is 9.20 Å². The van der Waals surface area contributed by atoms with Gasteiger partial charge >= 0.3 is 5.97 Å². The maximum absolute atomic E-state index is 12.2. The highest BCUT2D eigenvalue weighted by Gasteiger charge is 2.17. The van der Waals surface area contributed by atoms with Gasteiger partial charge in [-0.05, 0) is 49.4 Å². The highest BCUT2D eigenvalue weighted by molar-refractivity contribution is 6.31. The van der Waals surface area contributed by atoms with Crippen molar-refractivity contribution in [3.8, 4) is 5.75 Å². The SMILES string of the molecule is COc1ccc(NC(=O)[C@@H](C)OC(=O)/C=C/c2c(Cl)nc3ccccn23)cc1. The number of hydrogen-bond donors (Lipinski definition) is 1. The first-order chi connectivity index (χ1) is 13.5. The van der Waals surface area contributed by atoms with Crippen LogP contribution in [0.2, 0.25) is 5.15 Å². The van der Waals surface area contributed by atoms with Crippen molar-refractivity contribution in [3.63, 3.8) is 0 Å². The van der Waals surface area contributed by atoms with Gasteiger partial charge in [0.25, 0.3) is 5.91 Å². The molecule has 0 radical (unpaired) electrons. The molecule has 0 aliphatic heterocycles. The molecular weight excluding hydrogens is 382 g/mol. The van der Waals surface area contributed by atoms with Crippen molar-refractivity contribution >= 4 is 40.9 Å². The van der Waals surface area contributed by atoms with Crippen LogP contribution in [0.5, 0.6) is 5.75 Å². The number of pyridine rings is 1. The van der Waals surface area contributed by atoms with Crippen LogP contribution in [-0.2, 0) is 14.3 Å². The number of imidazole rings is 1. The zero-order chi connectivity index (χ0) is 20.1. The van der Waals surface area contributed by atoms with E-state index in [2.05, 4.69) is 10.3 Å². The molecule has 0 aliphatic rings. The molecule has 2 aromatic heterocycles. The molecule has 0 saturated heterocycles. The Morgan fingerprint density at radius 1 is 1.21 bits per heavy atom. The summed E-state index contributed by atoms with van der Waals surface area (Å²) < 4.78 is 11.9. The summed E-state index contributed by atoms with van der Waals surface area (Å²) in [7, 11) is 1.56. The smallest absolute Gasteiger partial charge is 0.331 e. The fourth-order valence-corrected chi connectivity index (χ4v) is 2.71. The molecule has 7 nitrogen and oxygen atoms in total. The lowest BCUT2D eigenvalue weighted by Gasteiger charge is -2.12. The van der Waals surface area contributed by atoms with Crippen molar-refractivity contribution in [1.82, 2.24) is 9.38 Å². The summed E-state index contributed by atoms with van der Waals surface area (Å²) in [5, 5.41) is 2.93. The van der Waals surface area contributed by atoms with E-state index < -0.39 is 18.0 Å². The van der Waals surface area contributed by atoms with Gasteiger partial charge in [0.2, 0.25) is 0 Å². The molecule has 0 fully saturated rings. The van der Waals surface area contributed by atoms with Gasteiger partial charge in [-0.2, -0.15) is 0 Å². The number of anilines is 1. The largest absolute Gasteiger partial charge is 0.497 e. The third kappa shape index (κ3) is 4.50. The van der Waals surface area contributed by atoms with E-state index >= 15 is 0 Å². The van der Waals surface area contributed by atoms with E-state index in [-0.39, 0.29) is 5.15 Å². The average Bonchev–Trinajstić information content (AvgIpc) is 3.01. The first-order valence-electron chi connectivity index (χ1n) is 8.44. The normalized spacial score (nSPS) is 12.1. The number of benzene rings is 1. The number of amides is 1. The predicted molar refractivity (Wildman–Crippen MR) is 106 cm³/mol. The Balaban J connectivity index is 1.60. The molecule has 144 valence electrons. The standard InChI is InChI=1S/C20H18ClN3O4/c1-13(20(26)22-14-6-8-15(27-2)9-7-14)28-18(25)11-10-16-19(21)23-17-5-3-4-12-24(16)17/h3-13H,1-2H3,(H,22,26)/b11-10+/t13-/m1/s1. The second-order valence-electron chi connectivity index (χ2n) is 5.85. The Kier molecular flexibility index (Phi) is 5.96. The summed E-state index contributed by atoms with van der Waals surface area (Å²) in [5.41, 5.74) is 1.78. The lowest BCUT2D eigenvalue weighted by atomic mass is 10.3. The van der Waals surface area contributed by atoms with E-state index in [1.165, 1.54) is 19.1 Å². The van der Waals surface area contributed by atoms with Crippen LogP contribution in [0.4, 0.5) is 5.69 Å². The van der Waals surface area contributed by atoms with Gasteiger partial charge in [0.15, 0.2) is 11.3 Å². The van der Waals surface area contributed by atoms with E-state index in [4.69, 9.17) is 21.1 Å². The maximum atomic E-state index is 12.2. The summed E-state index contributed by atoms with van der Waals surface area (Å²) in [5.74, 6) is -0.437. The van der Waals surface area contributed by atoms with E-state index in [1.807, 2.05) is 12.1 Å². The van der Waals surface area contributed by atoms with E-state index in [9.17, 15) is 9.59 Å². The molecule has 2 heterocycles. The number of carbonyl (C=O) groups is 2. The molecule has 0 bridgehead atoms. The van der Waals surface area contributed by atoms with Gasteiger partial charge in [0, 0.05) is 18.0 Å². The van der Waals surface area contributed by atoms with E-state index in [0.717, 1.165) is 0 Å². The fourth-order valence-electron chi connectivity index (χ4n) is 2.47. The van der Waals surface area contributed by atoms with Crippen molar-refractivity contribution in [2.75, 3.05) is 12.4 Å². The van der Waals surface area contributed by atoms with E-state index in [1.54, 1.807) is 48.0 Å². The van der Waals surface area contributed by atoms with Crippen LogP contribution in [-0.4, -0.2) is 34.5 Å². The number of methoxy groups -OCH3 is 1. The zero-order valence-electron chi connectivity index (χ0n) is 15.3. The Hall–Kier alpha value is -3.32. The van der Waals surface area contributed by atoms with Crippen molar-refractivity contribution in [3.05, 3.63) is 65.6 Å². The topological polar surface area (TPSA) is 81.9 Å². The molecule has 28 heavy (non-hydrogen) atoms. The predicted octanol–water partition coefficient (Wildman–Crippen LogP) is 3.58. The van der Waals surface area contributed by atoms with Crippen LogP contribution in [0.25, 0.3) is 11.7 Å². The summed E-state index contributed by atoms with van der Waals surface area (Å²) in [6.45, 7) is 1.49. The molecule has 1 N–H and O–H groups in total. The van der Waals surface area contributed by atoms with Gasteiger partial charge in [0.1, 0.15) is 11.4 Å². The monoisotopic (exact) mass is 399 g/mol. The number of nitrogens with zero attached hydrogens (tertiary/aromatic N) is 2. The summed E-state index contributed by atoms with van der Waals surface area (Å²) in [6.07, 6.45) is 3.51. The number of esters is 1. The summed E-state index contributed by atoms with van der Waals surface area (Å²) >= 11 is 6.11. The Morgan fingerprint density at radius 3 is 2.68 bits per heavy atom. The Labute approximate surface area is 166 Å². The van der Waals surface area contributed by atoms with Crippen molar-refractivity contribution in [1.29, 1.82) is 0 Å². The molecular formula is C20H18ClN3O4. The zero-order valence-corrected chi connectivity index (χ0v) is 16.0. The number of carbonyl (C=O) groups excluding carboxylic acids is 2. The number of aromatic nitrogens is 2. The Morgan fingerprint density at radius 2 is 1.96 bits per heavy atom. The number of rotatable bonds is 6. The Bertz CT molecular complexity index is 1030. The highest BCUT2D eigenvalue weighted by atomic mass is 35.5. The highest BCUT2D eigenvalue weighted by Crippen LogP contribution is 2.19.